The molecule has 1 fully saturated rings. The highest BCUT2D eigenvalue weighted by molar-refractivity contribution is 7.07. The summed E-state index contributed by atoms with van der Waals surface area (Å²) in [4.78, 5) is 0. The molecular weight excluding hydrogens is 216 g/mol. The van der Waals surface area contributed by atoms with E-state index in [9.17, 15) is 0 Å². The molecule has 2 nitrogen and oxygen atoms in total. The third kappa shape index (κ3) is 2.06. The Bertz CT molecular complexity index is 454. The van der Waals surface area contributed by atoms with Gasteiger partial charge < -0.3 is 10.3 Å². The zero-order chi connectivity index (χ0) is 11.0. The van der Waals surface area contributed by atoms with Crippen molar-refractivity contribution < 1.29 is 0 Å². The first kappa shape index (κ1) is 10.1. The van der Waals surface area contributed by atoms with Crippen molar-refractivity contribution in [1.29, 1.82) is 0 Å². The highest BCUT2D eigenvalue weighted by Gasteiger charge is 2.29. The molecule has 2 N–H and O–H groups in total. The van der Waals surface area contributed by atoms with Gasteiger partial charge in [0.1, 0.15) is 0 Å². The van der Waals surface area contributed by atoms with Crippen LogP contribution in [0.2, 0.25) is 0 Å². The number of aromatic nitrogens is 1. The fourth-order valence-corrected chi connectivity index (χ4v) is 2.74. The third-order valence-corrected chi connectivity index (χ3v) is 3.97. The van der Waals surface area contributed by atoms with Crippen molar-refractivity contribution in [2.45, 2.75) is 25.4 Å². The molecule has 3 heteroatoms. The standard InChI is InChI=1S/C13H16N2S/c14-13(11-1-2-11)12-3-5-15(8-12)7-10-4-6-16-9-10/h3-6,8-9,11,13H,1-2,7,14H2. The summed E-state index contributed by atoms with van der Waals surface area (Å²) in [5.41, 5.74) is 8.83. The van der Waals surface area contributed by atoms with Crippen LogP contribution in [-0.4, -0.2) is 4.57 Å². The number of thiophene rings is 1. The minimum absolute atomic E-state index is 0.253. The van der Waals surface area contributed by atoms with E-state index in [4.69, 9.17) is 5.73 Å². The maximum atomic E-state index is 6.18. The van der Waals surface area contributed by atoms with Gasteiger partial charge in [0, 0.05) is 25.0 Å². The Morgan fingerprint density at radius 3 is 3.00 bits per heavy atom. The normalized spacial score (nSPS) is 17.6. The zero-order valence-electron chi connectivity index (χ0n) is 9.17. The van der Waals surface area contributed by atoms with Gasteiger partial charge in [0.2, 0.25) is 0 Å². The van der Waals surface area contributed by atoms with Gasteiger partial charge in [-0.05, 0) is 52.8 Å². The van der Waals surface area contributed by atoms with Crippen LogP contribution in [0, 0.1) is 5.92 Å². The van der Waals surface area contributed by atoms with Gasteiger partial charge in [-0.25, -0.2) is 0 Å². The van der Waals surface area contributed by atoms with E-state index >= 15 is 0 Å². The smallest absolute Gasteiger partial charge is 0.0478 e. The fourth-order valence-electron chi connectivity index (χ4n) is 2.08. The number of rotatable bonds is 4. The van der Waals surface area contributed by atoms with Crippen molar-refractivity contribution in [1.82, 2.24) is 4.57 Å². The van der Waals surface area contributed by atoms with E-state index in [1.54, 1.807) is 11.3 Å². The summed E-state index contributed by atoms with van der Waals surface area (Å²) in [6.07, 6.45) is 6.93. The quantitative estimate of drug-likeness (QED) is 0.863. The Hall–Kier alpha value is -1.06. The summed E-state index contributed by atoms with van der Waals surface area (Å²) in [5, 5.41) is 4.32. The van der Waals surface area contributed by atoms with E-state index in [0.29, 0.717) is 0 Å². The minimum Gasteiger partial charge on any atom is -0.350 e. The van der Waals surface area contributed by atoms with Gasteiger partial charge >= 0.3 is 0 Å². The number of nitrogens with zero attached hydrogens (tertiary/aromatic N) is 1. The topological polar surface area (TPSA) is 30.9 Å². The van der Waals surface area contributed by atoms with E-state index in [1.165, 1.54) is 24.0 Å². The molecule has 1 aliphatic rings. The maximum Gasteiger partial charge on any atom is 0.0478 e. The van der Waals surface area contributed by atoms with E-state index in [0.717, 1.165) is 12.5 Å². The molecule has 0 amide bonds. The van der Waals surface area contributed by atoms with Crippen LogP contribution in [0.25, 0.3) is 0 Å². The Labute approximate surface area is 99.7 Å². The monoisotopic (exact) mass is 232 g/mol. The fraction of sp³-hybridized carbons (Fsp3) is 0.385. The predicted molar refractivity (Wildman–Crippen MR) is 67.5 cm³/mol. The molecule has 0 radical (unpaired) electrons. The van der Waals surface area contributed by atoms with Gasteiger partial charge in [0.15, 0.2) is 0 Å². The van der Waals surface area contributed by atoms with Crippen LogP contribution >= 0.6 is 11.3 Å². The van der Waals surface area contributed by atoms with Crippen LogP contribution < -0.4 is 5.73 Å². The Morgan fingerprint density at radius 2 is 2.31 bits per heavy atom. The summed E-state index contributed by atoms with van der Waals surface area (Å²) in [6.45, 7) is 0.959. The summed E-state index contributed by atoms with van der Waals surface area (Å²) < 4.78 is 2.22. The van der Waals surface area contributed by atoms with Gasteiger partial charge in [-0.1, -0.05) is 0 Å². The van der Waals surface area contributed by atoms with Crippen LogP contribution in [0.5, 0.6) is 0 Å². The van der Waals surface area contributed by atoms with Crippen LogP contribution in [0.3, 0.4) is 0 Å². The molecular formula is C13H16N2S. The van der Waals surface area contributed by atoms with E-state index < -0.39 is 0 Å². The second kappa shape index (κ2) is 4.07. The van der Waals surface area contributed by atoms with Gasteiger partial charge in [-0.3, -0.25) is 0 Å². The van der Waals surface area contributed by atoms with Gasteiger partial charge in [0.25, 0.3) is 0 Å². The first-order valence-electron chi connectivity index (χ1n) is 5.75. The van der Waals surface area contributed by atoms with Crippen LogP contribution in [0.1, 0.15) is 30.0 Å². The Morgan fingerprint density at radius 1 is 1.44 bits per heavy atom. The SMILES string of the molecule is NC(c1ccn(Cc2ccsc2)c1)C1CC1. The van der Waals surface area contributed by atoms with E-state index in [1.807, 2.05) is 0 Å². The first-order chi connectivity index (χ1) is 7.83. The predicted octanol–water partition coefficient (Wildman–Crippen LogP) is 3.01. The van der Waals surface area contributed by atoms with Gasteiger partial charge in [-0.2, -0.15) is 11.3 Å². The van der Waals surface area contributed by atoms with Crippen molar-refractivity contribution >= 4 is 11.3 Å². The van der Waals surface area contributed by atoms with Crippen molar-refractivity contribution in [3.63, 3.8) is 0 Å². The molecule has 1 atom stereocenters. The molecule has 0 spiro atoms. The lowest BCUT2D eigenvalue weighted by Gasteiger charge is -2.07. The van der Waals surface area contributed by atoms with Gasteiger partial charge in [0.05, 0.1) is 0 Å². The van der Waals surface area contributed by atoms with Crippen LogP contribution in [0.4, 0.5) is 0 Å². The lowest BCUT2D eigenvalue weighted by Crippen LogP contribution is -2.11. The third-order valence-electron chi connectivity index (χ3n) is 3.23. The molecule has 2 aromatic rings. The molecule has 0 aromatic carbocycles. The van der Waals surface area contributed by atoms with Crippen molar-refractivity contribution in [3.05, 3.63) is 46.4 Å². The number of hydrogen-bond acceptors (Lipinski definition) is 2. The number of nitrogens with two attached hydrogens (primary N) is 1. The molecule has 2 aromatic heterocycles. The molecule has 2 heterocycles. The van der Waals surface area contributed by atoms with Crippen molar-refractivity contribution in [3.8, 4) is 0 Å². The average Bonchev–Trinajstić information content (AvgIpc) is 2.82. The lowest BCUT2D eigenvalue weighted by molar-refractivity contribution is 0.631. The van der Waals surface area contributed by atoms with Gasteiger partial charge in [-0.15, -0.1) is 0 Å². The van der Waals surface area contributed by atoms with Crippen LogP contribution in [-0.2, 0) is 6.54 Å². The average molecular weight is 232 g/mol. The molecule has 0 bridgehead atoms. The molecule has 3 rings (SSSR count). The maximum absolute atomic E-state index is 6.18. The van der Waals surface area contributed by atoms with E-state index in [-0.39, 0.29) is 6.04 Å². The summed E-state index contributed by atoms with van der Waals surface area (Å²) in [5.74, 6) is 0.733. The molecule has 1 unspecified atom stereocenters. The molecule has 16 heavy (non-hydrogen) atoms. The molecule has 1 aliphatic carbocycles. The summed E-state index contributed by atoms with van der Waals surface area (Å²) >= 11 is 1.75. The lowest BCUT2D eigenvalue weighted by atomic mass is 10.1. The van der Waals surface area contributed by atoms with E-state index in [2.05, 4.69) is 39.9 Å². The molecule has 0 saturated heterocycles. The number of hydrogen-bond donors (Lipinski definition) is 1. The summed E-state index contributed by atoms with van der Waals surface area (Å²) in [6, 6.07) is 4.59. The van der Waals surface area contributed by atoms with Crippen molar-refractivity contribution in [2.24, 2.45) is 11.7 Å². The Kier molecular flexibility index (Phi) is 2.58. The van der Waals surface area contributed by atoms with Crippen molar-refractivity contribution in [2.75, 3.05) is 0 Å². The second-order valence-electron chi connectivity index (χ2n) is 4.61. The molecule has 84 valence electrons. The van der Waals surface area contributed by atoms with Crippen LogP contribution in [0.15, 0.2) is 35.3 Å². The highest BCUT2D eigenvalue weighted by atomic mass is 32.1. The molecule has 1 saturated carbocycles. The Balaban J connectivity index is 1.72. The molecule has 0 aliphatic heterocycles. The first-order valence-corrected chi connectivity index (χ1v) is 6.69. The minimum atomic E-state index is 0.253. The summed E-state index contributed by atoms with van der Waals surface area (Å²) in [7, 11) is 0. The highest BCUT2D eigenvalue weighted by Crippen LogP contribution is 2.39. The largest absolute Gasteiger partial charge is 0.350 e. The second-order valence-corrected chi connectivity index (χ2v) is 5.39. The zero-order valence-corrected chi connectivity index (χ0v) is 9.99.